The average molecular weight is 292 g/mol. The van der Waals surface area contributed by atoms with Gasteiger partial charge in [0.15, 0.2) is 0 Å². The van der Waals surface area contributed by atoms with Crippen molar-refractivity contribution in [2.24, 2.45) is 0 Å². The lowest BCUT2D eigenvalue weighted by Gasteiger charge is -2.10. The van der Waals surface area contributed by atoms with Crippen LogP contribution in [0.25, 0.3) is 5.69 Å². The fraction of sp³-hybridized carbons (Fsp3) is 0.308. The van der Waals surface area contributed by atoms with Gasteiger partial charge in [0, 0.05) is 18.7 Å². The molecule has 1 aromatic heterocycles. The zero-order chi connectivity index (χ0) is 12.0. The van der Waals surface area contributed by atoms with E-state index >= 15 is 0 Å². The van der Waals surface area contributed by atoms with Crippen molar-refractivity contribution in [1.29, 1.82) is 0 Å². The Labute approximate surface area is 109 Å². The zero-order valence-corrected chi connectivity index (χ0v) is 11.5. The van der Waals surface area contributed by atoms with E-state index in [1.165, 1.54) is 16.8 Å². The van der Waals surface area contributed by atoms with Crippen molar-refractivity contribution in [3.8, 4) is 5.69 Å². The molecule has 0 N–H and O–H groups in total. The standard InChI is InChI=1S/C13H14BrN3/c1-9-5-3-4-6-12(9)17-13(14)10-7-16(2)8-11(10)15-17/h3-6H,7-8H2,1-2H3. The number of aromatic nitrogens is 2. The Morgan fingerprint density at radius 3 is 2.71 bits per heavy atom. The Balaban J connectivity index is 2.13. The largest absolute Gasteiger partial charge is 0.296 e. The van der Waals surface area contributed by atoms with E-state index in [0.717, 1.165) is 23.4 Å². The van der Waals surface area contributed by atoms with Crippen LogP contribution in [0.1, 0.15) is 16.8 Å². The van der Waals surface area contributed by atoms with Crippen molar-refractivity contribution in [2.75, 3.05) is 7.05 Å². The number of hydrogen-bond acceptors (Lipinski definition) is 2. The van der Waals surface area contributed by atoms with Crippen LogP contribution in [0.4, 0.5) is 0 Å². The summed E-state index contributed by atoms with van der Waals surface area (Å²) < 4.78 is 3.10. The molecule has 1 aliphatic rings. The van der Waals surface area contributed by atoms with Gasteiger partial charge in [0.05, 0.1) is 11.4 Å². The van der Waals surface area contributed by atoms with E-state index in [9.17, 15) is 0 Å². The molecule has 0 fully saturated rings. The maximum absolute atomic E-state index is 4.70. The summed E-state index contributed by atoms with van der Waals surface area (Å²) in [4.78, 5) is 2.27. The monoisotopic (exact) mass is 291 g/mol. The molecular weight excluding hydrogens is 278 g/mol. The van der Waals surface area contributed by atoms with Crippen molar-refractivity contribution >= 4 is 15.9 Å². The SMILES string of the molecule is Cc1ccccc1-n1nc2c(c1Br)CN(C)C2. The fourth-order valence-corrected chi connectivity index (χ4v) is 2.92. The minimum atomic E-state index is 0.937. The molecule has 2 aromatic rings. The Hall–Kier alpha value is -1.13. The molecule has 0 saturated carbocycles. The van der Waals surface area contributed by atoms with E-state index in [-0.39, 0.29) is 0 Å². The summed E-state index contributed by atoms with van der Waals surface area (Å²) in [5.41, 5.74) is 4.89. The first-order valence-electron chi connectivity index (χ1n) is 5.67. The number of nitrogens with zero attached hydrogens (tertiary/aromatic N) is 3. The van der Waals surface area contributed by atoms with E-state index in [2.05, 4.69) is 53.0 Å². The lowest BCUT2D eigenvalue weighted by molar-refractivity contribution is 0.346. The summed E-state index contributed by atoms with van der Waals surface area (Å²) in [5.74, 6) is 0. The van der Waals surface area contributed by atoms with Gasteiger partial charge in [-0.25, -0.2) is 4.68 Å². The third-order valence-electron chi connectivity index (χ3n) is 3.20. The number of fused-ring (bicyclic) bond motifs is 1. The maximum atomic E-state index is 4.70. The summed E-state index contributed by atoms with van der Waals surface area (Å²) in [5, 5.41) is 4.70. The molecule has 0 atom stereocenters. The van der Waals surface area contributed by atoms with Crippen molar-refractivity contribution < 1.29 is 0 Å². The van der Waals surface area contributed by atoms with Crippen LogP contribution in [0, 0.1) is 6.92 Å². The number of rotatable bonds is 1. The second kappa shape index (κ2) is 3.96. The lowest BCUT2D eigenvalue weighted by atomic mass is 10.2. The van der Waals surface area contributed by atoms with Crippen molar-refractivity contribution in [2.45, 2.75) is 20.0 Å². The minimum absolute atomic E-state index is 0.937. The number of aryl methyl sites for hydroxylation is 1. The molecule has 0 spiro atoms. The first kappa shape index (κ1) is 11.0. The summed E-state index contributed by atoms with van der Waals surface area (Å²) >= 11 is 3.67. The van der Waals surface area contributed by atoms with Crippen LogP contribution in [0.5, 0.6) is 0 Å². The minimum Gasteiger partial charge on any atom is -0.296 e. The van der Waals surface area contributed by atoms with Gasteiger partial charge in [-0.05, 0) is 41.5 Å². The maximum Gasteiger partial charge on any atom is 0.114 e. The van der Waals surface area contributed by atoms with E-state index < -0.39 is 0 Å². The smallest absolute Gasteiger partial charge is 0.114 e. The molecule has 17 heavy (non-hydrogen) atoms. The summed E-state index contributed by atoms with van der Waals surface area (Å²) in [6.07, 6.45) is 0. The van der Waals surface area contributed by atoms with Crippen LogP contribution < -0.4 is 0 Å². The third-order valence-corrected chi connectivity index (χ3v) is 4.01. The zero-order valence-electron chi connectivity index (χ0n) is 9.94. The highest BCUT2D eigenvalue weighted by molar-refractivity contribution is 9.10. The van der Waals surface area contributed by atoms with Gasteiger partial charge < -0.3 is 0 Å². The van der Waals surface area contributed by atoms with Crippen molar-refractivity contribution in [3.63, 3.8) is 0 Å². The summed E-state index contributed by atoms with van der Waals surface area (Å²) in [6.45, 7) is 4.02. The van der Waals surface area contributed by atoms with Gasteiger partial charge in [0.1, 0.15) is 4.60 Å². The topological polar surface area (TPSA) is 21.1 Å². The molecule has 0 bridgehead atoms. The number of para-hydroxylation sites is 1. The first-order chi connectivity index (χ1) is 8.16. The summed E-state index contributed by atoms with van der Waals surface area (Å²) in [7, 11) is 2.12. The van der Waals surface area contributed by atoms with E-state index in [4.69, 9.17) is 5.10 Å². The second-order valence-corrected chi connectivity index (χ2v) is 5.34. The molecule has 1 aromatic carbocycles. The quantitative estimate of drug-likeness (QED) is 0.806. The Kier molecular flexibility index (Phi) is 2.56. The molecule has 88 valence electrons. The molecular formula is C13H14BrN3. The normalized spacial score (nSPS) is 15.2. The predicted molar refractivity (Wildman–Crippen MR) is 71.2 cm³/mol. The molecule has 4 heteroatoms. The predicted octanol–water partition coefficient (Wildman–Crippen LogP) is 2.89. The van der Waals surface area contributed by atoms with E-state index in [0.29, 0.717) is 0 Å². The van der Waals surface area contributed by atoms with Crippen molar-refractivity contribution in [1.82, 2.24) is 14.7 Å². The number of hydrogen-bond donors (Lipinski definition) is 0. The Morgan fingerprint density at radius 1 is 1.24 bits per heavy atom. The molecule has 0 saturated heterocycles. The van der Waals surface area contributed by atoms with Gasteiger partial charge in [-0.3, -0.25) is 4.90 Å². The first-order valence-corrected chi connectivity index (χ1v) is 6.47. The highest BCUT2D eigenvalue weighted by Gasteiger charge is 2.24. The summed E-state index contributed by atoms with van der Waals surface area (Å²) in [6, 6.07) is 8.32. The van der Waals surface area contributed by atoms with Crippen LogP contribution >= 0.6 is 15.9 Å². The van der Waals surface area contributed by atoms with Gasteiger partial charge in [0.2, 0.25) is 0 Å². The van der Waals surface area contributed by atoms with Gasteiger partial charge in [-0.2, -0.15) is 5.10 Å². The average Bonchev–Trinajstić information content (AvgIpc) is 2.79. The second-order valence-electron chi connectivity index (χ2n) is 4.59. The molecule has 1 aliphatic heterocycles. The molecule has 0 aliphatic carbocycles. The van der Waals surface area contributed by atoms with Crippen LogP contribution in [-0.2, 0) is 13.1 Å². The fourth-order valence-electron chi connectivity index (χ4n) is 2.30. The van der Waals surface area contributed by atoms with E-state index in [1.807, 2.05) is 10.7 Å². The third kappa shape index (κ3) is 1.72. The van der Waals surface area contributed by atoms with Crippen LogP contribution in [0.15, 0.2) is 28.9 Å². The Bertz CT molecular complexity index is 574. The molecule has 0 unspecified atom stereocenters. The molecule has 2 heterocycles. The van der Waals surface area contributed by atoms with Crippen LogP contribution in [0.2, 0.25) is 0 Å². The van der Waals surface area contributed by atoms with Crippen LogP contribution in [0.3, 0.4) is 0 Å². The van der Waals surface area contributed by atoms with Crippen molar-refractivity contribution in [3.05, 3.63) is 45.7 Å². The van der Waals surface area contributed by atoms with E-state index in [1.54, 1.807) is 0 Å². The highest BCUT2D eigenvalue weighted by atomic mass is 79.9. The molecule has 0 radical (unpaired) electrons. The lowest BCUT2D eigenvalue weighted by Crippen LogP contribution is -2.11. The molecule has 0 amide bonds. The van der Waals surface area contributed by atoms with Gasteiger partial charge in [0.25, 0.3) is 0 Å². The highest BCUT2D eigenvalue weighted by Crippen LogP contribution is 2.31. The number of benzene rings is 1. The van der Waals surface area contributed by atoms with Gasteiger partial charge in [-0.15, -0.1) is 0 Å². The molecule has 3 nitrogen and oxygen atoms in total. The Morgan fingerprint density at radius 2 is 2.00 bits per heavy atom. The molecule has 3 rings (SSSR count). The van der Waals surface area contributed by atoms with Gasteiger partial charge in [-0.1, -0.05) is 18.2 Å². The van der Waals surface area contributed by atoms with Gasteiger partial charge >= 0.3 is 0 Å². The van der Waals surface area contributed by atoms with Crippen LogP contribution in [-0.4, -0.2) is 21.7 Å². The number of halogens is 1.